The van der Waals surface area contributed by atoms with E-state index in [0.717, 1.165) is 45.5 Å². The van der Waals surface area contributed by atoms with Gasteiger partial charge in [-0.05, 0) is 32.4 Å². The minimum absolute atomic E-state index is 0.0899. The molecule has 0 spiro atoms. The lowest BCUT2D eigenvalue weighted by Crippen LogP contribution is -2.28. The standard InChI is InChI=1S/C26H52N2O3/c1-3-5-6-7-8-9-10-11-12-13-14-15-16-19-22-30-24-25-23-28(26(29)31-25)21-18-17-20-27-4-2/h25,27H,3-24H2,1-2H3. The molecule has 1 heterocycles. The van der Waals surface area contributed by atoms with E-state index in [1.54, 1.807) is 0 Å². The number of amides is 1. The normalized spacial score (nSPS) is 16.3. The molecule has 1 saturated heterocycles. The Kier molecular flexibility index (Phi) is 19.2. The van der Waals surface area contributed by atoms with Gasteiger partial charge in [-0.25, -0.2) is 4.79 Å². The largest absolute Gasteiger partial charge is 0.442 e. The van der Waals surface area contributed by atoms with Crippen LogP contribution in [0.25, 0.3) is 0 Å². The molecule has 1 rings (SSSR count). The van der Waals surface area contributed by atoms with Gasteiger partial charge in [-0.3, -0.25) is 0 Å². The molecule has 5 heteroatoms. The van der Waals surface area contributed by atoms with Crippen molar-refractivity contribution in [1.29, 1.82) is 0 Å². The van der Waals surface area contributed by atoms with Gasteiger partial charge in [0, 0.05) is 13.2 Å². The average Bonchev–Trinajstić information content (AvgIpc) is 3.12. The van der Waals surface area contributed by atoms with Crippen LogP contribution in [0.1, 0.15) is 117 Å². The zero-order valence-electron chi connectivity index (χ0n) is 20.8. The van der Waals surface area contributed by atoms with Gasteiger partial charge in [-0.2, -0.15) is 0 Å². The Bertz CT molecular complexity index is 406. The maximum Gasteiger partial charge on any atom is 0.410 e. The van der Waals surface area contributed by atoms with Crippen LogP contribution in [0.2, 0.25) is 0 Å². The van der Waals surface area contributed by atoms with E-state index in [2.05, 4.69) is 19.2 Å². The fraction of sp³-hybridized carbons (Fsp3) is 0.962. The van der Waals surface area contributed by atoms with Crippen molar-refractivity contribution in [3.05, 3.63) is 0 Å². The maximum atomic E-state index is 11.9. The van der Waals surface area contributed by atoms with E-state index in [1.807, 2.05) is 4.90 Å². The highest BCUT2D eigenvalue weighted by Crippen LogP contribution is 2.14. The lowest BCUT2D eigenvalue weighted by Gasteiger charge is -2.12. The van der Waals surface area contributed by atoms with Gasteiger partial charge in [0.1, 0.15) is 6.10 Å². The second kappa shape index (κ2) is 21.1. The van der Waals surface area contributed by atoms with E-state index in [-0.39, 0.29) is 12.2 Å². The van der Waals surface area contributed by atoms with Crippen LogP contribution in [-0.2, 0) is 9.47 Å². The molecule has 0 bridgehead atoms. The van der Waals surface area contributed by atoms with E-state index in [0.29, 0.717) is 13.2 Å². The Balaban J connectivity index is 1.81. The first-order valence-corrected chi connectivity index (χ1v) is 13.5. The fourth-order valence-electron chi connectivity index (χ4n) is 4.19. The van der Waals surface area contributed by atoms with E-state index < -0.39 is 0 Å². The predicted molar refractivity (Wildman–Crippen MR) is 131 cm³/mol. The van der Waals surface area contributed by atoms with Crippen LogP contribution >= 0.6 is 0 Å². The minimum atomic E-state index is -0.173. The van der Waals surface area contributed by atoms with E-state index in [9.17, 15) is 4.79 Å². The number of rotatable bonds is 23. The lowest BCUT2D eigenvalue weighted by atomic mass is 10.0. The fourth-order valence-corrected chi connectivity index (χ4v) is 4.19. The predicted octanol–water partition coefficient (Wildman–Crippen LogP) is 6.69. The molecular weight excluding hydrogens is 388 g/mol. The molecule has 1 aliphatic rings. The Hall–Kier alpha value is -0.810. The zero-order valence-corrected chi connectivity index (χ0v) is 20.8. The minimum Gasteiger partial charge on any atom is -0.442 e. The Labute approximate surface area is 193 Å². The molecule has 1 atom stereocenters. The molecule has 0 aromatic heterocycles. The van der Waals surface area contributed by atoms with Crippen molar-refractivity contribution in [2.24, 2.45) is 0 Å². The van der Waals surface area contributed by atoms with Gasteiger partial charge in [0.25, 0.3) is 0 Å². The van der Waals surface area contributed by atoms with Crippen LogP contribution in [0.5, 0.6) is 0 Å². The summed E-state index contributed by atoms with van der Waals surface area (Å²) in [6.45, 7) is 9.21. The number of nitrogens with zero attached hydrogens (tertiary/aromatic N) is 1. The highest BCUT2D eigenvalue weighted by molar-refractivity contribution is 5.69. The third-order valence-electron chi connectivity index (χ3n) is 6.18. The first-order valence-electron chi connectivity index (χ1n) is 13.5. The van der Waals surface area contributed by atoms with Crippen molar-refractivity contribution in [2.45, 2.75) is 123 Å². The zero-order chi connectivity index (χ0) is 22.4. The molecule has 1 N–H and O–H groups in total. The number of carbonyl (C=O) groups excluding carboxylic acids is 1. The molecule has 5 nitrogen and oxygen atoms in total. The molecule has 31 heavy (non-hydrogen) atoms. The van der Waals surface area contributed by atoms with E-state index >= 15 is 0 Å². The number of unbranched alkanes of at least 4 members (excludes halogenated alkanes) is 14. The summed E-state index contributed by atoms with van der Waals surface area (Å²) in [5.74, 6) is 0. The number of ether oxygens (including phenoxy) is 2. The first kappa shape index (κ1) is 28.2. The van der Waals surface area contributed by atoms with E-state index in [4.69, 9.17) is 9.47 Å². The molecule has 1 aliphatic heterocycles. The molecule has 1 fully saturated rings. The number of nitrogens with one attached hydrogen (secondary N) is 1. The summed E-state index contributed by atoms with van der Waals surface area (Å²) in [5.41, 5.74) is 0. The van der Waals surface area contributed by atoms with Gasteiger partial charge in [0.15, 0.2) is 0 Å². The maximum absolute atomic E-state index is 11.9. The van der Waals surface area contributed by atoms with Crippen molar-refractivity contribution in [3.63, 3.8) is 0 Å². The molecule has 0 aromatic carbocycles. The Morgan fingerprint density at radius 3 is 2.00 bits per heavy atom. The van der Waals surface area contributed by atoms with Crippen LogP contribution < -0.4 is 5.32 Å². The molecule has 1 unspecified atom stereocenters. The number of cyclic esters (lactones) is 1. The third-order valence-corrected chi connectivity index (χ3v) is 6.18. The summed E-state index contributed by atoms with van der Waals surface area (Å²) in [4.78, 5) is 13.7. The highest BCUT2D eigenvalue weighted by atomic mass is 16.6. The number of hydrogen-bond acceptors (Lipinski definition) is 4. The van der Waals surface area contributed by atoms with Gasteiger partial charge in [-0.1, -0.05) is 97.3 Å². The second-order valence-electron chi connectivity index (χ2n) is 9.18. The molecule has 0 radical (unpaired) electrons. The van der Waals surface area contributed by atoms with Gasteiger partial charge in [0.2, 0.25) is 0 Å². The lowest BCUT2D eigenvalue weighted by molar-refractivity contribution is 0.0443. The van der Waals surface area contributed by atoms with Crippen molar-refractivity contribution >= 4 is 6.09 Å². The number of carbonyl (C=O) groups is 1. The molecule has 1 amide bonds. The highest BCUT2D eigenvalue weighted by Gasteiger charge is 2.30. The van der Waals surface area contributed by atoms with Crippen molar-refractivity contribution in [2.75, 3.05) is 39.4 Å². The van der Waals surface area contributed by atoms with Crippen molar-refractivity contribution in [1.82, 2.24) is 10.2 Å². The van der Waals surface area contributed by atoms with Crippen LogP contribution in [0.15, 0.2) is 0 Å². The van der Waals surface area contributed by atoms with Crippen LogP contribution in [0.3, 0.4) is 0 Å². The molecular formula is C26H52N2O3. The molecule has 0 aromatic rings. The van der Waals surface area contributed by atoms with E-state index in [1.165, 1.54) is 83.5 Å². The van der Waals surface area contributed by atoms with Gasteiger partial charge in [0.05, 0.1) is 13.2 Å². The van der Waals surface area contributed by atoms with Crippen molar-refractivity contribution < 1.29 is 14.3 Å². The van der Waals surface area contributed by atoms with Gasteiger partial charge >= 0.3 is 6.09 Å². The summed E-state index contributed by atoms with van der Waals surface area (Å²) in [6.07, 6.45) is 21.1. The molecule has 184 valence electrons. The topological polar surface area (TPSA) is 50.8 Å². The van der Waals surface area contributed by atoms with Crippen molar-refractivity contribution in [3.8, 4) is 0 Å². The second-order valence-corrected chi connectivity index (χ2v) is 9.18. The SMILES string of the molecule is CCCCCCCCCCCCCCCCOCC1CN(CCCCNCC)C(=O)O1. The summed E-state index contributed by atoms with van der Waals surface area (Å²) < 4.78 is 11.2. The smallest absolute Gasteiger partial charge is 0.410 e. The van der Waals surface area contributed by atoms with Gasteiger partial charge in [-0.15, -0.1) is 0 Å². The summed E-state index contributed by atoms with van der Waals surface area (Å²) in [5, 5.41) is 3.31. The number of hydrogen-bond donors (Lipinski definition) is 1. The van der Waals surface area contributed by atoms with Gasteiger partial charge < -0.3 is 19.7 Å². The van der Waals surface area contributed by atoms with Crippen LogP contribution in [0, 0.1) is 0 Å². The first-order chi connectivity index (χ1) is 15.3. The molecule has 0 saturated carbocycles. The monoisotopic (exact) mass is 440 g/mol. The summed E-state index contributed by atoms with van der Waals surface area (Å²) in [6, 6.07) is 0. The Morgan fingerprint density at radius 2 is 1.42 bits per heavy atom. The van der Waals surface area contributed by atoms with Crippen LogP contribution in [0.4, 0.5) is 4.79 Å². The van der Waals surface area contributed by atoms with Crippen LogP contribution in [-0.4, -0.2) is 56.5 Å². The Morgan fingerprint density at radius 1 is 0.839 bits per heavy atom. The summed E-state index contributed by atoms with van der Waals surface area (Å²) >= 11 is 0. The quantitative estimate of drug-likeness (QED) is 0.180. The third kappa shape index (κ3) is 16.5. The molecule has 0 aliphatic carbocycles. The average molecular weight is 441 g/mol. The summed E-state index contributed by atoms with van der Waals surface area (Å²) in [7, 11) is 0.